The van der Waals surface area contributed by atoms with Gasteiger partial charge in [-0.25, -0.2) is 9.59 Å². The fourth-order valence-electron chi connectivity index (χ4n) is 0.874. The van der Waals surface area contributed by atoms with Gasteiger partial charge in [-0.15, -0.1) is 0 Å². The van der Waals surface area contributed by atoms with Crippen molar-refractivity contribution in [1.29, 1.82) is 0 Å². The molecule has 1 rings (SSSR count). The van der Waals surface area contributed by atoms with Crippen molar-refractivity contribution in [3.05, 3.63) is 22.9 Å². The van der Waals surface area contributed by atoms with Crippen molar-refractivity contribution >= 4 is 46.7 Å². The van der Waals surface area contributed by atoms with Crippen molar-refractivity contribution in [2.75, 3.05) is 0 Å². The second-order valence-electron chi connectivity index (χ2n) is 2.73. The fraction of sp³-hybridized carbons (Fsp3) is 0.250. The number of alkyl halides is 2. The number of hydrogen-bond donors (Lipinski definition) is 1. The molecule has 0 bridgehead atoms. The van der Waals surface area contributed by atoms with Crippen LogP contribution in [0.2, 0.25) is 0 Å². The molecule has 0 unspecified atom stereocenters. The van der Waals surface area contributed by atoms with E-state index < -0.39 is 16.3 Å². The van der Waals surface area contributed by atoms with Crippen molar-refractivity contribution in [2.24, 2.45) is 0 Å². The average molecular weight is 271 g/mol. The van der Waals surface area contributed by atoms with Crippen LogP contribution in [0.5, 0.6) is 0 Å². The zero-order valence-electron chi connectivity index (χ0n) is 7.17. The zero-order valence-corrected chi connectivity index (χ0v) is 9.44. The Labute approximate surface area is 100 Å². The molecule has 0 atom stereocenters. The Kier molecular flexibility index (Phi) is 3.65. The molecule has 1 aliphatic carbocycles. The first kappa shape index (κ1) is 12.4. The van der Waals surface area contributed by atoms with E-state index in [1.54, 1.807) is 0 Å². The number of hydrogen-bond acceptors (Lipinski definition) is 3. The molecule has 1 N–H and O–H groups in total. The van der Waals surface area contributed by atoms with Crippen molar-refractivity contribution in [3.63, 3.8) is 0 Å². The standard InChI is InChI=1S/C8H5Cl3O4/c9-4-3-8(10,11)2-1-5(4)15-7(14)6(12)13/h1-2H,3H2,(H,12,13). The van der Waals surface area contributed by atoms with E-state index in [9.17, 15) is 9.59 Å². The molecule has 0 amide bonds. The summed E-state index contributed by atoms with van der Waals surface area (Å²) in [6, 6.07) is 0. The highest BCUT2D eigenvalue weighted by Crippen LogP contribution is 2.37. The summed E-state index contributed by atoms with van der Waals surface area (Å²) >= 11 is 17.2. The molecule has 4 nitrogen and oxygen atoms in total. The van der Waals surface area contributed by atoms with E-state index >= 15 is 0 Å². The molecule has 0 heterocycles. The van der Waals surface area contributed by atoms with Gasteiger partial charge in [0.15, 0.2) is 0 Å². The molecule has 0 spiro atoms. The van der Waals surface area contributed by atoms with E-state index in [1.165, 1.54) is 12.2 Å². The number of carboxylic acid groups (broad SMARTS) is 1. The first-order chi connectivity index (χ1) is 6.82. The van der Waals surface area contributed by atoms with Crippen LogP contribution < -0.4 is 0 Å². The maximum atomic E-state index is 10.7. The van der Waals surface area contributed by atoms with E-state index in [1.807, 2.05) is 0 Å². The molecule has 0 saturated carbocycles. The number of halogens is 3. The van der Waals surface area contributed by atoms with Gasteiger partial charge in [-0.2, -0.15) is 0 Å². The van der Waals surface area contributed by atoms with E-state index in [2.05, 4.69) is 4.74 Å². The molecule has 0 aromatic rings. The van der Waals surface area contributed by atoms with Gasteiger partial charge in [-0.1, -0.05) is 34.8 Å². The van der Waals surface area contributed by atoms with Crippen LogP contribution in [-0.2, 0) is 14.3 Å². The van der Waals surface area contributed by atoms with Crippen LogP contribution in [0.25, 0.3) is 0 Å². The maximum Gasteiger partial charge on any atom is 0.422 e. The zero-order chi connectivity index (χ0) is 11.6. The lowest BCUT2D eigenvalue weighted by atomic mass is 10.1. The molecule has 82 valence electrons. The van der Waals surface area contributed by atoms with Gasteiger partial charge in [-0.3, -0.25) is 0 Å². The maximum absolute atomic E-state index is 10.7. The van der Waals surface area contributed by atoms with Gasteiger partial charge >= 0.3 is 11.9 Å². The Morgan fingerprint density at radius 1 is 1.47 bits per heavy atom. The summed E-state index contributed by atoms with van der Waals surface area (Å²) in [7, 11) is 0. The number of aliphatic carboxylic acids is 1. The molecular weight excluding hydrogens is 266 g/mol. The number of carbonyl (C=O) groups excluding carboxylic acids is 1. The summed E-state index contributed by atoms with van der Waals surface area (Å²) in [4.78, 5) is 20.9. The summed E-state index contributed by atoms with van der Waals surface area (Å²) in [5.74, 6) is -3.17. The minimum Gasteiger partial charge on any atom is -0.473 e. The van der Waals surface area contributed by atoms with Gasteiger partial charge in [0, 0.05) is 6.42 Å². The van der Waals surface area contributed by atoms with E-state index in [-0.39, 0.29) is 17.2 Å². The third-order valence-corrected chi connectivity index (χ3v) is 2.35. The van der Waals surface area contributed by atoms with Crippen LogP contribution in [-0.4, -0.2) is 21.4 Å². The van der Waals surface area contributed by atoms with Gasteiger partial charge in [-0.05, 0) is 12.2 Å². The molecule has 0 radical (unpaired) electrons. The molecule has 15 heavy (non-hydrogen) atoms. The van der Waals surface area contributed by atoms with Crippen LogP contribution in [0.15, 0.2) is 22.9 Å². The number of carboxylic acids is 1. The van der Waals surface area contributed by atoms with Gasteiger partial charge in [0.2, 0.25) is 0 Å². The Bertz CT molecular complexity index is 370. The van der Waals surface area contributed by atoms with Gasteiger partial charge < -0.3 is 9.84 Å². The highest BCUT2D eigenvalue weighted by molar-refractivity contribution is 6.50. The Hall–Kier alpha value is -0.710. The molecule has 0 fully saturated rings. The Balaban J connectivity index is 2.78. The number of ether oxygens (including phenoxy) is 1. The van der Waals surface area contributed by atoms with Gasteiger partial charge in [0.25, 0.3) is 0 Å². The second kappa shape index (κ2) is 4.43. The minimum atomic E-state index is -1.70. The number of allylic oxidation sites excluding steroid dienone is 3. The number of esters is 1. The summed E-state index contributed by atoms with van der Waals surface area (Å²) < 4.78 is 3.31. The summed E-state index contributed by atoms with van der Waals surface area (Å²) in [5, 5.41) is 8.38. The molecular formula is C8H5Cl3O4. The van der Waals surface area contributed by atoms with Crippen LogP contribution in [0.4, 0.5) is 0 Å². The molecule has 0 saturated heterocycles. The van der Waals surface area contributed by atoms with Gasteiger partial charge in [0.1, 0.15) is 10.1 Å². The van der Waals surface area contributed by atoms with Crippen molar-refractivity contribution in [2.45, 2.75) is 10.8 Å². The third kappa shape index (κ3) is 3.41. The van der Waals surface area contributed by atoms with Crippen LogP contribution in [0.3, 0.4) is 0 Å². The van der Waals surface area contributed by atoms with Crippen molar-refractivity contribution in [3.8, 4) is 0 Å². The summed E-state index contributed by atoms with van der Waals surface area (Å²) in [5.41, 5.74) is 0. The van der Waals surface area contributed by atoms with Crippen molar-refractivity contribution in [1.82, 2.24) is 0 Å². The lowest BCUT2D eigenvalue weighted by Crippen LogP contribution is -2.19. The summed E-state index contributed by atoms with van der Waals surface area (Å²) in [6.07, 6.45) is 2.66. The van der Waals surface area contributed by atoms with Crippen LogP contribution in [0, 0.1) is 0 Å². The first-order valence-corrected chi connectivity index (χ1v) is 4.86. The number of carbonyl (C=O) groups is 2. The van der Waals surface area contributed by atoms with Crippen LogP contribution >= 0.6 is 34.8 Å². The molecule has 0 aliphatic heterocycles. The second-order valence-corrected chi connectivity index (χ2v) is 4.73. The normalized spacial score (nSPS) is 18.9. The third-order valence-electron chi connectivity index (χ3n) is 1.51. The Morgan fingerprint density at radius 2 is 2.07 bits per heavy atom. The molecule has 0 aromatic carbocycles. The highest BCUT2D eigenvalue weighted by Gasteiger charge is 2.28. The molecule has 7 heteroatoms. The quantitative estimate of drug-likeness (QED) is 0.451. The monoisotopic (exact) mass is 270 g/mol. The van der Waals surface area contributed by atoms with Crippen molar-refractivity contribution < 1.29 is 19.4 Å². The largest absolute Gasteiger partial charge is 0.473 e. The van der Waals surface area contributed by atoms with E-state index in [0.717, 1.165) is 0 Å². The van der Waals surface area contributed by atoms with Gasteiger partial charge in [0.05, 0.1) is 5.03 Å². The van der Waals surface area contributed by atoms with E-state index in [4.69, 9.17) is 39.9 Å². The highest BCUT2D eigenvalue weighted by atomic mass is 35.5. The average Bonchev–Trinajstić information content (AvgIpc) is 2.08. The first-order valence-electron chi connectivity index (χ1n) is 3.72. The molecule has 0 aromatic heterocycles. The number of rotatable bonds is 1. The smallest absolute Gasteiger partial charge is 0.422 e. The van der Waals surface area contributed by atoms with E-state index in [0.29, 0.717) is 0 Å². The Morgan fingerprint density at radius 3 is 2.53 bits per heavy atom. The predicted octanol–water partition coefficient (Wildman–Crippen LogP) is 2.20. The topological polar surface area (TPSA) is 63.6 Å². The lowest BCUT2D eigenvalue weighted by Gasteiger charge is -2.19. The minimum absolute atomic E-state index is 0.0520. The SMILES string of the molecule is O=C(O)C(=O)OC1=C(Cl)CC(Cl)(Cl)C=C1. The fourth-order valence-corrected chi connectivity index (χ4v) is 1.72. The van der Waals surface area contributed by atoms with Crippen LogP contribution in [0.1, 0.15) is 6.42 Å². The molecule has 1 aliphatic rings. The lowest BCUT2D eigenvalue weighted by molar-refractivity contribution is -0.161. The predicted molar refractivity (Wildman–Crippen MR) is 54.8 cm³/mol. The summed E-state index contributed by atoms with van der Waals surface area (Å²) in [6.45, 7) is 0.